The third-order valence-electron chi connectivity index (χ3n) is 1.21. The lowest BCUT2D eigenvalue weighted by atomic mass is 10.6. The maximum atomic E-state index is 10.7. The molecular weight excluding hydrogens is 190 g/mol. The van der Waals surface area contributed by atoms with Gasteiger partial charge in [-0.15, -0.1) is 0 Å². The van der Waals surface area contributed by atoms with Gasteiger partial charge in [0.05, 0.1) is 6.61 Å². The zero-order chi connectivity index (χ0) is 8.91. The summed E-state index contributed by atoms with van der Waals surface area (Å²) in [7, 11) is 3.02. The topological polar surface area (TPSA) is 46.6 Å². The molecule has 6 heteroatoms. The molecule has 4 nitrogen and oxygen atoms in total. The van der Waals surface area contributed by atoms with Gasteiger partial charge in [0.15, 0.2) is 0 Å². The van der Waals surface area contributed by atoms with Crippen LogP contribution in [0.1, 0.15) is 6.92 Å². The van der Waals surface area contributed by atoms with Gasteiger partial charge in [0.25, 0.3) is 9.24 Å². The normalized spacial score (nSPS) is 12.4. The number of nitrogens with zero attached hydrogens (tertiary/aromatic N) is 1. The summed E-state index contributed by atoms with van der Waals surface area (Å²) in [5.74, 6) is 0. The van der Waals surface area contributed by atoms with Crippen molar-refractivity contribution in [2.45, 2.75) is 6.92 Å². The molecular formula is C5H12ClNO3S. The molecule has 0 saturated carbocycles. The van der Waals surface area contributed by atoms with Gasteiger partial charge >= 0.3 is 0 Å². The van der Waals surface area contributed by atoms with Crippen LogP contribution >= 0.6 is 10.7 Å². The average Bonchev–Trinajstić information content (AvgIpc) is 1.87. The summed E-state index contributed by atoms with van der Waals surface area (Å²) in [6.45, 7) is 2.75. The second-order valence-corrected chi connectivity index (χ2v) is 4.44. The van der Waals surface area contributed by atoms with Crippen molar-refractivity contribution in [3.8, 4) is 0 Å². The van der Waals surface area contributed by atoms with Crippen LogP contribution in [-0.2, 0) is 14.0 Å². The van der Waals surface area contributed by atoms with E-state index in [0.29, 0.717) is 19.7 Å². The van der Waals surface area contributed by atoms with E-state index in [9.17, 15) is 8.42 Å². The SMILES string of the molecule is CCN(CCOC)S(=O)(=O)Cl. The molecule has 0 aliphatic heterocycles. The molecule has 0 amide bonds. The van der Waals surface area contributed by atoms with Crippen molar-refractivity contribution in [2.24, 2.45) is 0 Å². The van der Waals surface area contributed by atoms with E-state index in [0.717, 1.165) is 4.31 Å². The minimum atomic E-state index is -3.56. The lowest BCUT2D eigenvalue weighted by Gasteiger charge is -2.14. The summed E-state index contributed by atoms with van der Waals surface area (Å²) in [6.07, 6.45) is 0. The Hall–Kier alpha value is 0.160. The predicted octanol–water partition coefficient (Wildman–Crippen LogP) is 0.438. The van der Waals surface area contributed by atoms with E-state index in [1.54, 1.807) is 6.92 Å². The summed E-state index contributed by atoms with van der Waals surface area (Å²) >= 11 is 0. The molecule has 0 aliphatic carbocycles. The van der Waals surface area contributed by atoms with Crippen LogP contribution in [0.4, 0.5) is 0 Å². The molecule has 68 valence electrons. The fraction of sp³-hybridized carbons (Fsp3) is 1.00. The predicted molar refractivity (Wildman–Crippen MR) is 43.9 cm³/mol. The first-order valence-electron chi connectivity index (χ1n) is 3.21. The van der Waals surface area contributed by atoms with Gasteiger partial charge in [-0.3, -0.25) is 0 Å². The number of hydrogen-bond acceptors (Lipinski definition) is 3. The van der Waals surface area contributed by atoms with E-state index in [1.807, 2.05) is 0 Å². The largest absolute Gasteiger partial charge is 0.383 e. The lowest BCUT2D eigenvalue weighted by Crippen LogP contribution is -2.30. The molecule has 11 heavy (non-hydrogen) atoms. The average molecular weight is 202 g/mol. The molecule has 0 aliphatic rings. The number of methoxy groups -OCH3 is 1. The van der Waals surface area contributed by atoms with E-state index < -0.39 is 9.24 Å². The molecule has 0 bridgehead atoms. The number of halogens is 1. The van der Waals surface area contributed by atoms with Crippen LogP contribution in [0, 0.1) is 0 Å². The van der Waals surface area contributed by atoms with E-state index >= 15 is 0 Å². The van der Waals surface area contributed by atoms with Gasteiger partial charge in [-0.25, -0.2) is 0 Å². The van der Waals surface area contributed by atoms with Crippen LogP contribution in [0.2, 0.25) is 0 Å². The Morgan fingerprint density at radius 2 is 2.09 bits per heavy atom. The van der Waals surface area contributed by atoms with Crippen LogP contribution in [0.3, 0.4) is 0 Å². The zero-order valence-corrected chi connectivity index (χ0v) is 8.15. The van der Waals surface area contributed by atoms with Gasteiger partial charge in [0, 0.05) is 30.9 Å². The highest BCUT2D eigenvalue weighted by atomic mass is 35.7. The first-order valence-corrected chi connectivity index (χ1v) is 5.47. The smallest absolute Gasteiger partial charge is 0.299 e. The first-order chi connectivity index (χ1) is 5.02. The van der Waals surface area contributed by atoms with Gasteiger partial charge in [0.2, 0.25) is 0 Å². The third kappa shape index (κ3) is 4.58. The summed E-state index contributed by atoms with van der Waals surface area (Å²) in [6, 6.07) is 0. The van der Waals surface area contributed by atoms with Crippen LogP contribution in [0.25, 0.3) is 0 Å². The maximum Gasteiger partial charge on any atom is 0.299 e. The van der Waals surface area contributed by atoms with E-state index in [4.69, 9.17) is 15.4 Å². The van der Waals surface area contributed by atoms with Crippen molar-refractivity contribution < 1.29 is 13.2 Å². The maximum absolute atomic E-state index is 10.7. The standard InChI is InChI=1S/C5H12ClNO3S/c1-3-7(4-5-10-2)11(6,8)9/h3-5H2,1-2H3. The Balaban J connectivity index is 3.97. The molecule has 0 aromatic carbocycles. The fourth-order valence-electron chi connectivity index (χ4n) is 0.614. The Bertz CT molecular complexity index is 192. The van der Waals surface area contributed by atoms with Crippen molar-refractivity contribution in [2.75, 3.05) is 26.8 Å². The molecule has 0 unspecified atom stereocenters. The van der Waals surface area contributed by atoms with Crippen molar-refractivity contribution in [3.63, 3.8) is 0 Å². The molecule has 0 heterocycles. The minimum absolute atomic E-state index is 0.304. The second kappa shape index (κ2) is 4.92. The van der Waals surface area contributed by atoms with Gasteiger partial charge in [0.1, 0.15) is 0 Å². The quantitative estimate of drug-likeness (QED) is 0.607. The first kappa shape index (κ1) is 11.2. The molecule has 0 fully saturated rings. The minimum Gasteiger partial charge on any atom is -0.383 e. The van der Waals surface area contributed by atoms with Gasteiger partial charge in [-0.1, -0.05) is 6.92 Å². The van der Waals surface area contributed by atoms with E-state index in [1.165, 1.54) is 7.11 Å². The number of ether oxygens (including phenoxy) is 1. The summed E-state index contributed by atoms with van der Waals surface area (Å²) < 4.78 is 27.2. The molecule has 0 aromatic rings. The van der Waals surface area contributed by atoms with Crippen molar-refractivity contribution in [3.05, 3.63) is 0 Å². The molecule has 0 spiro atoms. The number of hydrogen-bond donors (Lipinski definition) is 0. The Morgan fingerprint density at radius 3 is 2.36 bits per heavy atom. The van der Waals surface area contributed by atoms with Crippen molar-refractivity contribution >= 4 is 19.9 Å². The Kier molecular flexibility index (Phi) is 4.99. The van der Waals surface area contributed by atoms with Crippen LogP contribution in [0.15, 0.2) is 0 Å². The van der Waals surface area contributed by atoms with E-state index in [-0.39, 0.29) is 0 Å². The molecule has 0 N–H and O–H groups in total. The molecule has 0 atom stereocenters. The van der Waals surface area contributed by atoms with E-state index in [2.05, 4.69) is 0 Å². The number of rotatable bonds is 5. The molecule has 0 saturated heterocycles. The van der Waals surface area contributed by atoms with Crippen LogP contribution < -0.4 is 0 Å². The summed E-state index contributed by atoms with van der Waals surface area (Å²) in [4.78, 5) is 0. The number of likely N-dealkylation sites (N-methyl/N-ethyl adjacent to an activating group) is 1. The second-order valence-electron chi connectivity index (χ2n) is 1.93. The lowest BCUT2D eigenvalue weighted by molar-refractivity contribution is 0.181. The van der Waals surface area contributed by atoms with Gasteiger partial charge < -0.3 is 4.74 Å². The highest BCUT2D eigenvalue weighted by molar-refractivity contribution is 8.11. The fourth-order valence-corrected chi connectivity index (χ4v) is 1.72. The molecule has 0 rings (SSSR count). The zero-order valence-electron chi connectivity index (χ0n) is 6.58. The van der Waals surface area contributed by atoms with Crippen LogP contribution in [-0.4, -0.2) is 39.5 Å². The van der Waals surface area contributed by atoms with Crippen LogP contribution in [0.5, 0.6) is 0 Å². The molecule has 0 radical (unpaired) electrons. The Labute approximate surface area is 71.6 Å². The highest BCUT2D eigenvalue weighted by Gasteiger charge is 2.15. The van der Waals surface area contributed by atoms with Crippen molar-refractivity contribution in [1.29, 1.82) is 0 Å². The summed E-state index contributed by atoms with van der Waals surface area (Å²) in [5.41, 5.74) is 0. The Morgan fingerprint density at radius 1 is 1.55 bits per heavy atom. The van der Waals surface area contributed by atoms with Gasteiger partial charge in [-0.2, -0.15) is 12.7 Å². The monoisotopic (exact) mass is 201 g/mol. The third-order valence-corrected chi connectivity index (χ3v) is 2.85. The van der Waals surface area contributed by atoms with Crippen molar-refractivity contribution in [1.82, 2.24) is 4.31 Å². The highest BCUT2D eigenvalue weighted by Crippen LogP contribution is 2.04. The summed E-state index contributed by atoms with van der Waals surface area (Å²) in [5, 5.41) is 0. The van der Waals surface area contributed by atoms with Gasteiger partial charge in [-0.05, 0) is 0 Å². The molecule has 0 aromatic heterocycles.